The molecule has 0 aromatic carbocycles. The first-order chi connectivity index (χ1) is 9.10. The van der Waals surface area contributed by atoms with Gasteiger partial charge in [-0.3, -0.25) is 0 Å². The molecule has 1 N–H and O–H groups in total. The van der Waals surface area contributed by atoms with Gasteiger partial charge < -0.3 is 10.2 Å². The maximum Gasteiger partial charge on any atom is 0.224 e. The van der Waals surface area contributed by atoms with E-state index in [-0.39, 0.29) is 0 Å². The molecule has 4 heteroatoms. The summed E-state index contributed by atoms with van der Waals surface area (Å²) >= 11 is 0. The molecule has 1 aliphatic heterocycles. The van der Waals surface area contributed by atoms with E-state index in [1.807, 2.05) is 6.92 Å². The fraction of sp³-hybridized carbons (Fsp3) is 0.733. The average Bonchev–Trinajstić information content (AvgIpc) is 2.38. The quantitative estimate of drug-likeness (QED) is 0.905. The third-order valence-electron chi connectivity index (χ3n) is 3.98. The zero-order valence-electron chi connectivity index (χ0n) is 12.6. The third kappa shape index (κ3) is 3.58. The van der Waals surface area contributed by atoms with Crippen molar-refractivity contribution in [2.45, 2.75) is 40.5 Å². The minimum absolute atomic E-state index is 0.753. The molecule has 0 radical (unpaired) electrons. The molecule has 0 bridgehead atoms. The van der Waals surface area contributed by atoms with Crippen molar-refractivity contribution in [2.75, 3.05) is 29.9 Å². The van der Waals surface area contributed by atoms with E-state index in [1.165, 1.54) is 12.8 Å². The van der Waals surface area contributed by atoms with Gasteiger partial charge in [0.1, 0.15) is 5.82 Å². The maximum absolute atomic E-state index is 4.62. The molecule has 0 saturated carbocycles. The van der Waals surface area contributed by atoms with Crippen molar-refractivity contribution in [3.63, 3.8) is 0 Å². The van der Waals surface area contributed by atoms with Crippen LogP contribution in [0.25, 0.3) is 0 Å². The first kappa shape index (κ1) is 14.1. The lowest BCUT2D eigenvalue weighted by atomic mass is 9.87. The molecule has 1 aromatic heterocycles. The van der Waals surface area contributed by atoms with Gasteiger partial charge in [0.2, 0.25) is 5.95 Å². The van der Waals surface area contributed by atoms with Gasteiger partial charge in [-0.15, -0.1) is 0 Å². The minimum atomic E-state index is 0.753. The fourth-order valence-corrected chi connectivity index (χ4v) is 2.75. The zero-order chi connectivity index (χ0) is 13.8. The summed E-state index contributed by atoms with van der Waals surface area (Å²) < 4.78 is 0. The van der Waals surface area contributed by atoms with Crippen LogP contribution in [-0.2, 0) is 0 Å². The number of nitrogens with zero attached hydrogens (tertiary/aromatic N) is 3. The van der Waals surface area contributed by atoms with Gasteiger partial charge in [0.15, 0.2) is 0 Å². The molecule has 0 amide bonds. The molecule has 1 aromatic rings. The van der Waals surface area contributed by atoms with E-state index in [9.17, 15) is 0 Å². The van der Waals surface area contributed by atoms with Gasteiger partial charge in [-0.05, 0) is 38.5 Å². The summed E-state index contributed by atoms with van der Waals surface area (Å²) in [5.41, 5.74) is 1.03. The normalized spacial score (nSPS) is 17.0. The number of aryl methyl sites for hydroxylation is 1. The van der Waals surface area contributed by atoms with Crippen molar-refractivity contribution in [3.05, 3.63) is 11.8 Å². The van der Waals surface area contributed by atoms with Crippen LogP contribution in [0, 0.1) is 18.8 Å². The van der Waals surface area contributed by atoms with E-state index in [0.29, 0.717) is 0 Å². The van der Waals surface area contributed by atoms with E-state index in [1.54, 1.807) is 0 Å². The number of aromatic nitrogens is 2. The number of rotatable bonds is 4. The van der Waals surface area contributed by atoms with Gasteiger partial charge in [-0.1, -0.05) is 13.8 Å². The monoisotopic (exact) mass is 262 g/mol. The number of hydrogen-bond acceptors (Lipinski definition) is 4. The van der Waals surface area contributed by atoms with Crippen molar-refractivity contribution in [2.24, 2.45) is 11.8 Å². The molecule has 19 heavy (non-hydrogen) atoms. The summed E-state index contributed by atoms with van der Waals surface area (Å²) in [7, 11) is 0. The third-order valence-corrected chi connectivity index (χ3v) is 3.98. The first-order valence-corrected chi connectivity index (χ1v) is 7.44. The van der Waals surface area contributed by atoms with Gasteiger partial charge in [0.05, 0.1) is 0 Å². The predicted molar refractivity (Wildman–Crippen MR) is 80.7 cm³/mol. The van der Waals surface area contributed by atoms with Crippen molar-refractivity contribution >= 4 is 11.8 Å². The highest BCUT2D eigenvalue weighted by Gasteiger charge is 2.22. The van der Waals surface area contributed by atoms with Crippen LogP contribution >= 0.6 is 0 Å². The van der Waals surface area contributed by atoms with E-state index in [4.69, 9.17) is 0 Å². The van der Waals surface area contributed by atoms with Crippen LogP contribution in [0.4, 0.5) is 11.8 Å². The topological polar surface area (TPSA) is 41.1 Å². The highest BCUT2D eigenvalue weighted by atomic mass is 15.2. The second kappa shape index (κ2) is 6.22. The highest BCUT2D eigenvalue weighted by molar-refractivity contribution is 5.45. The van der Waals surface area contributed by atoms with E-state index >= 15 is 0 Å². The molecule has 1 fully saturated rings. The second-order valence-corrected chi connectivity index (χ2v) is 5.79. The van der Waals surface area contributed by atoms with Crippen LogP contribution in [0.15, 0.2) is 6.07 Å². The summed E-state index contributed by atoms with van der Waals surface area (Å²) in [6.07, 6.45) is 2.55. The Morgan fingerprint density at radius 2 is 2.00 bits per heavy atom. The number of anilines is 2. The van der Waals surface area contributed by atoms with E-state index < -0.39 is 0 Å². The molecule has 1 saturated heterocycles. The van der Waals surface area contributed by atoms with Gasteiger partial charge in [-0.25, -0.2) is 4.98 Å². The number of piperidine rings is 1. The standard InChI is InChI=1S/C15H26N4/c1-5-16-15-17-12(4)10-14(18-15)19-8-6-13(7-9-19)11(2)3/h10-11,13H,5-9H2,1-4H3,(H,16,17,18). The Hall–Kier alpha value is -1.32. The Labute approximate surface area is 116 Å². The van der Waals surface area contributed by atoms with Crippen LogP contribution in [0.5, 0.6) is 0 Å². The number of hydrogen-bond donors (Lipinski definition) is 1. The minimum Gasteiger partial charge on any atom is -0.356 e. The lowest BCUT2D eigenvalue weighted by molar-refractivity contribution is 0.310. The van der Waals surface area contributed by atoms with Gasteiger partial charge >= 0.3 is 0 Å². The first-order valence-electron chi connectivity index (χ1n) is 7.44. The molecule has 0 aliphatic carbocycles. The Morgan fingerprint density at radius 1 is 1.32 bits per heavy atom. The molecular weight excluding hydrogens is 236 g/mol. The van der Waals surface area contributed by atoms with Crippen LogP contribution in [0.3, 0.4) is 0 Å². The van der Waals surface area contributed by atoms with Gasteiger partial charge in [0, 0.05) is 31.4 Å². The summed E-state index contributed by atoms with van der Waals surface area (Å²) in [4.78, 5) is 11.4. The molecule has 2 rings (SSSR count). The molecule has 0 unspecified atom stereocenters. The summed E-state index contributed by atoms with van der Waals surface area (Å²) in [5.74, 6) is 3.49. The lowest BCUT2D eigenvalue weighted by Crippen LogP contribution is -2.36. The van der Waals surface area contributed by atoms with Crippen molar-refractivity contribution in [1.29, 1.82) is 0 Å². The second-order valence-electron chi connectivity index (χ2n) is 5.79. The van der Waals surface area contributed by atoms with Gasteiger partial charge in [-0.2, -0.15) is 4.98 Å². The van der Waals surface area contributed by atoms with Gasteiger partial charge in [0.25, 0.3) is 0 Å². The van der Waals surface area contributed by atoms with E-state index in [2.05, 4.69) is 47.0 Å². The molecular formula is C15H26N4. The van der Waals surface area contributed by atoms with Crippen molar-refractivity contribution in [3.8, 4) is 0 Å². The predicted octanol–water partition coefficient (Wildman–Crippen LogP) is 3.09. The Morgan fingerprint density at radius 3 is 2.58 bits per heavy atom. The Balaban J connectivity index is 2.06. The van der Waals surface area contributed by atoms with Crippen molar-refractivity contribution in [1.82, 2.24) is 9.97 Å². The largest absolute Gasteiger partial charge is 0.356 e. The Bertz CT molecular complexity index is 409. The Kier molecular flexibility index (Phi) is 4.61. The summed E-state index contributed by atoms with van der Waals surface area (Å²) in [5, 5.41) is 3.21. The SMILES string of the molecule is CCNc1nc(C)cc(N2CCC(C(C)C)CC2)n1. The van der Waals surface area contributed by atoms with Crippen LogP contribution in [0.2, 0.25) is 0 Å². The smallest absolute Gasteiger partial charge is 0.224 e. The van der Waals surface area contributed by atoms with Crippen LogP contribution < -0.4 is 10.2 Å². The number of nitrogens with one attached hydrogen (secondary N) is 1. The summed E-state index contributed by atoms with van der Waals surface area (Å²) in [6, 6.07) is 2.09. The molecule has 106 valence electrons. The molecule has 4 nitrogen and oxygen atoms in total. The summed E-state index contributed by atoms with van der Waals surface area (Å²) in [6.45, 7) is 11.9. The van der Waals surface area contributed by atoms with Crippen LogP contribution in [-0.4, -0.2) is 29.6 Å². The van der Waals surface area contributed by atoms with Crippen molar-refractivity contribution < 1.29 is 0 Å². The van der Waals surface area contributed by atoms with E-state index in [0.717, 1.165) is 48.9 Å². The highest BCUT2D eigenvalue weighted by Crippen LogP contribution is 2.27. The molecule has 0 atom stereocenters. The maximum atomic E-state index is 4.62. The fourth-order valence-electron chi connectivity index (χ4n) is 2.75. The molecule has 2 heterocycles. The average molecular weight is 262 g/mol. The van der Waals surface area contributed by atoms with Crippen LogP contribution in [0.1, 0.15) is 39.3 Å². The molecule has 0 spiro atoms. The zero-order valence-corrected chi connectivity index (χ0v) is 12.6. The molecule has 1 aliphatic rings. The lowest BCUT2D eigenvalue weighted by Gasteiger charge is -2.34.